The Morgan fingerprint density at radius 3 is 2.76 bits per heavy atom. The molecule has 0 spiro atoms. The Morgan fingerprint density at radius 1 is 1.48 bits per heavy atom. The largest absolute Gasteiger partial charge is 0.494 e. The van der Waals surface area contributed by atoms with Crippen molar-refractivity contribution in [1.29, 1.82) is 0 Å². The molecule has 1 aliphatic heterocycles. The fourth-order valence-electron chi connectivity index (χ4n) is 2.55. The quantitative estimate of drug-likeness (QED) is 0.874. The summed E-state index contributed by atoms with van der Waals surface area (Å²) in [4.78, 5) is 13.9. The van der Waals surface area contributed by atoms with Gasteiger partial charge in [0, 0.05) is 25.6 Å². The van der Waals surface area contributed by atoms with E-state index in [1.807, 2.05) is 38.1 Å². The molecule has 1 aromatic rings. The van der Waals surface area contributed by atoms with Crippen LogP contribution < -0.4 is 10.1 Å². The first-order valence-corrected chi connectivity index (χ1v) is 7.53. The second-order valence-electron chi connectivity index (χ2n) is 5.46. The molecule has 21 heavy (non-hydrogen) atoms. The molecule has 0 aromatic heterocycles. The van der Waals surface area contributed by atoms with Crippen LogP contribution in [0.4, 0.5) is 4.79 Å². The maximum Gasteiger partial charge on any atom is 0.317 e. The molecule has 1 aliphatic rings. The Morgan fingerprint density at radius 2 is 2.19 bits per heavy atom. The van der Waals surface area contributed by atoms with E-state index >= 15 is 0 Å². The fraction of sp³-hybridized carbons (Fsp3) is 0.562. The predicted octanol–water partition coefficient (Wildman–Crippen LogP) is 2.17. The molecule has 0 bridgehead atoms. The summed E-state index contributed by atoms with van der Waals surface area (Å²) >= 11 is 0. The van der Waals surface area contributed by atoms with Crippen molar-refractivity contribution < 1.29 is 14.6 Å². The standard InChI is InChI=1S/C16H24N2O3/c1-3-21-15-6-4-14(5-7-15)12(2)17-16(20)18-9-8-13(10-18)11-19/h4-7,12-13,19H,3,8-11H2,1-2H3,(H,17,20). The van der Waals surface area contributed by atoms with Crippen molar-refractivity contribution in [2.45, 2.75) is 26.3 Å². The summed E-state index contributed by atoms with van der Waals surface area (Å²) in [5.41, 5.74) is 1.05. The first-order valence-electron chi connectivity index (χ1n) is 7.53. The zero-order valence-corrected chi connectivity index (χ0v) is 12.7. The van der Waals surface area contributed by atoms with Gasteiger partial charge in [0.05, 0.1) is 12.6 Å². The number of nitrogens with one attached hydrogen (secondary N) is 1. The Bertz CT molecular complexity index is 461. The third-order valence-corrected chi connectivity index (χ3v) is 3.86. The predicted molar refractivity (Wildman–Crippen MR) is 81.3 cm³/mol. The molecule has 116 valence electrons. The van der Waals surface area contributed by atoms with Gasteiger partial charge in [0.25, 0.3) is 0 Å². The molecule has 1 saturated heterocycles. The minimum Gasteiger partial charge on any atom is -0.494 e. The summed E-state index contributed by atoms with van der Waals surface area (Å²) < 4.78 is 5.41. The number of carbonyl (C=O) groups excluding carboxylic acids is 1. The lowest BCUT2D eigenvalue weighted by Gasteiger charge is -2.21. The highest BCUT2D eigenvalue weighted by Gasteiger charge is 2.26. The lowest BCUT2D eigenvalue weighted by atomic mass is 10.1. The van der Waals surface area contributed by atoms with Crippen molar-refractivity contribution in [3.05, 3.63) is 29.8 Å². The van der Waals surface area contributed by atoms with Gasteiger partial charge in [-0.25, -0.2) is 4.79 Å². The highest BCUT2D eigenvalue weighted by molar-refractivity contribution is 5.75. The average molecular weight is 292 g/mol. The van der Waals surface area contributed by atoms with Crippen LogP contribution in [0.2, 0.25) is 0 Å². The van der Waals surface area contributed by atoms with Crippen LogP contribution in [0, 0.1) is 5.92 Å². The van der Waals surface area contributed by atoms with E-state index in [0.29, 0.717) is 19.7 Å². The molecule has 2 unspecified atom stereocenters. The number of carbonyl (C=O) groups is 1. The molecule has 5 heteroatoms. The molecule has 1 fully saturated rings. The van der Waals surface area contributed by atoms with Crippen LogP contribution in [0.25, 0.3) is 0 Å². The molecule has 1 heterocycles. The molecule has 5 nitrogen and oxygen atoms in total. The number of urea groups is 1. The first-order chi connectivity index (χ1) is 10.1. The van der Waals surface area contributed by atoms with E-state index in [0.717, 1.165) is 17.7 Å². The summed E-state index contributed by atoms with van der Waals surface area (Å²) in [7, 11) is 0. The lowest BCUT2D eigenvalue weighted by Crippen LogP contribution is -2.39. The van der Waals surface area contributed by atoms with Gasteiger partial charge in [0.2, 0.25) is 0 Å². The van der Waals surface area contributed by atoms with Crippen LogP contribution in [0.15, 0.2) is 24.3 Å². The summed E-state index contributed by atoms with van der Waals surface area (Å²) in [6.45, 7) is 6.07. The van der Waals surface area contributed by atoms with Crippen LogP contribution in [-0.2, 0) is 0 Å². The van der Waals surface area contributed by atoms with Crippen molar-refractivity contribution in [3.63, 3.8) is 0 Å². The number of aliphatic hydroxyl groups is 1. The van der Waals surface area contributed by atoms with Crippen LogP contribution in [0.5, 0.6) is 5.75 Å². The van der Waals surface area contributed by atoms with Gasteiger partial charge in [0.15, 0.2) is 0 Å². The van der Waals surface area contributed by atoms with Gasteiger partial charge in [-0.3, -0.25) is 0 Å². The summed E-state index contributed by atoms with van der Waals surface area (Å²) in [5, 5.41) is 12.1. The van der Waals surface area contributed by atoms with Gasteiger partial charge in [-0.05, 0) is 38.0 Å². The van der Waals surface area contributed by atoms with E-state index in [1.165, 1.54) is 0 Å². The second kappa shape index (κ2) is 7.31. The maximum atomic E-state index is 12.2. The zero-order valence-electron chi connectivity index (χ0n) is 12.7. The van der Waals surface area contributed by atoms with E-state index in [2.05, 4.69) is 5.32 Å². The number of ether oxygens (including phenoxy) is 1. The van der Waals surface area contributed by atoms with Crippen LogP contribution >= 0.6 is 0 Å². The minimum atomic E-state index is -0.0627. The van der Waals surface area contributed by atoms with E-state index in [1.54, 1.807) is 4.90 Å². The molecular formula is C16H24N2O3. The smallest absolute Gasteiger partial charge is 0.317 e. The monoisotopic (exact) mass is 292 g/mol. The van der Waals surface area contributed by atoms with Crippen molar-refractivity contribution >= 4 is 6.03 Å². The number of aliphatic hydroxyl groups excluding tert-OH is 1. The summed E-state index contributed by atoms with van der Waals surface area (Å²) in [6, 6.07) is 7.65. The van der Waals surface area contributed by atoms with Crippen LogP contribution in [-0.4, -0.2) is 42.3 Å². The Balaban J connectivity index is 1.88. The van der Waals surface area contributed by atoms with Gasteiger partial charge in [-0.2, -0.15) is 0 Å². The van der Waals surface area contributed by atoms with Crippen LogP contribution in [0.1, 0.15) is 31.9 Å². The summed E-state index contributed by atoms with van der Waals surface area (Å²) in [6.07, 6.45) is 0.876. The van der Waals surface area contributed by atoms with Gasteiger partial charge >= 0.3 is 6.03 Å². The fourth-order valence-corrected chi connectivity index (χ4v) is 2.55. The third kappa shape index (κ3) is 4.11. The zero-order chi connectivity index (χ0) is 15.2. The molecule has 2 atom stereocenters. The van der Waals surface area contributed by atoms with Gasteiger partial charge in [-0.1, -0.05) is 12.1 Å². The van der Waals surface area contributed by atoms with Gasteiger partial charge in [-0.15, -0.1) is 0 Å². The lowest BCUT2D eigenvalue weighted by molar-refractivity contribution is 0.195. The third-order valence-electron chi connectivity index (χ3n) is 3.86. The molecule has 2 N–H and O–H groups in total. The topological polar surface area (TPSA) is 61.8 Å². The molecule has 2 amide bonds. The summed E-state index contributed by atoms with van der Waals surface area (Å²) in [5.74, 6) is 1.06. The molecular weight excluding hydrogens is 268 g/mol. The molecule has 1 aromatic carbocycles. The molecule has 2 rings (SSSR count). The van der Waals surface area contributed by atoms with E-state index in [4.69, 9.17) is 9.84 Å². The Hall–Kier alpha value is -1.75. The molecule has 0 aliphatic carbocycles. The number of rotatable bonds is 5. The number of hydrogen-bond donors (Lipinski definition) is 2. The Labute approximate surface area is 125 Å². The average Bonchev–Trinajstić information content (AvgIpc) is 2.97. The normalized spacial score (nSPS) is 19.4. The number of hydrogen-bond acceptors (Lipinski definition) is 3. The SMILES string of the molecule is CCOc1ccc(C(C)NC(=O)N2CCC(CO)C2)cc1. The highest BCUT2D eigenvalue weighted by atomic mass is 16.5. The maximum absolute atomic E-state index is 12.2. The number of amides is 2. The first kappa shape index (κ1) is 15.6. The van der Waals surface area contributed by atoms with Crippen molar-refractivity contribution in [2.75, 3.05) is 26.3 Å². The van der Waals surface area contributed by atoms with Gasteiger partial charge < -0.3 is 20.1 Å². The number of nitrogens with zero attached hydrogens (tertiary/aromatic N) is 1. The van der Waals surface area contributed by atoms with Gasteiger partial charge in [0.1, 0.15) is 5.75 Å². The van der Waals surface area contributed by atoms with Crippen LogP contribution in [0.3, 0.4) is 0 Å². The molecule has 0 radical (unpaired) electrons. The van der Waals surface area contributed by atoms with E-state index < -0.39 is 0 Å². The number of benzene rings is 1. The van der Waals surface area contributed by atoms with Crippen molar-refractivity contribution in [1.82, 2.24) is 10.2 Å². The highest BCUT2D eigenvalue weighted by Crippen LogP contribution is 2.19. The van der Waals surface area contributed by atoms with Crippen molar-refractivity contribution in [3.8, 4) is 5.75 Å². The van der Waals surface area contributed by atoms with Crippen molar-refractivity contribution in [2.24, 2.45) is 5.92 Å². The van der Waals surface area contributed by atoms with E-state index in [-0.39, 0.29) is 24.6 Å². The number of likely N-dealkylation sites (tertiary alicyclic amines) is 1. The molecule has 0 saturated carbocycles. The van der Waals surface area contributed by atoms with E-state index in [9.17, 15) is 4.79 Å². The second-order valence-corrected chi connectivity index (χ2v) is 5.46. The minimum absolute atomic E-state index is 0.0543. The Kier molecular flexibility index (Phi) is 5.44.